The van der Waals surface area contributed by atoms with Gasteiger partial charge in [-0.15, -0.1) is 0 Å². The fourth-order valence-electron chi connectivity index (χ4n) is 2.84. The topological polar surface area (TPSA) is 57.3 Å². The van der Waals surface area contributed by atoms with Crippen molar-refractivity contribution in [2.75, 3.05) is 32.0 Å². The molecule has 21 heavy (non-hydrogen) atoms. The number of piperidine rings is 1. The summed E-state index contributed by atoms with van der Waals surface area (Å²) in [5.74, 6) is 1.33. The molecule has 5 nitrogen and oxygen atoms in total. The number of pyridine rings is 1. The SMILES string of the molecule is CNC[C@@H]1CCCN(C(=O)c2cccnc2NC(C)C)C1. The van der Waals surface area contributed by atoms with Crippen LogP contribution in [-0.4, -0.2) is 48.5 Å². The van der Waals surface area contributed by atoms with Crippen LogP contribution in [0.2, 0.25) is 0 Å². The zero-order valence-electron chi connectivity index (χ0n) is 13.2. The van der Waals surface area contributed by atoms with Gasteiger partial charge in [-0.2, -0.15) is 0 Å². The Kier molecular flexibility index (Phi) is 5.56. The van der Waals surface area contributed by atoms with Crippen LogP contribution >= 0.6 is 0 Å². The van der Waals surface area contributed by atoms with Crippen molar-refractivity contribution in [2.45, 2.75) is 32.7 Å². The van der Waals surface area contributed by atoms with E-state index in [4.69, 9.17) is 0 Å². The van der Waals surface area contributed by atoms with Crippen molar-refractivity contribution in [2.24, 2.45) is 5.92 Å². The van der Waals surface area contributed by atoms with Gasteiger partial charge in [0.05, 0.1) is 5.56 Å². The fraction of sp³-hybridized carbons (Fsp3) is 0.625. The minimum atomic E-state index is 0.0899. The molecule has 1 aliphatic rings. The summed E-state index contributed by atoms with van der Waals surface area (Å²) >= 11 is 0. The quantitative estimate of drug-likeness (QED) is 0.870. The van der Waals surface area contributed by atoms with E-state index in [1.807, 2.05) is 37.9 Å². The lowest BCUT2D eigenvalue weighted by Crippen LogP contribution is -2.42. The van der Waals surface area contributed by atoms with Crippen LogP contribution in [0.1, 0.15) is 37.0 Å². The van der Waals surface area contributed by atoms with Gasteiger partial charge in [0, 0.05) is 25.3 Å². The molecule has 5 heteroatoms. The van der Waals surface area contributed by atoms with E-state index in [1.165, 1.54) is 6.42 Å². The molecule has 116 valence electrons. The maximum Gasteiger partial charge on any atom is 0.257 e. The van der Waals surface area contributed by atoms with Crippen LogP contribution in [0, 0.1) is 5.92 Å². The Labute approximate surface area is 127 Å². The lowest BCUT2D eigenvalue weighted by atomic mass is 9.97. The van der Waals surface area contributed by atoms with Crippen LogP contribution in [0.25, 0.3) is 0 Å². The van der Waals surface area contributed by atoms with Crippen LogP contribution in [0.15, 0.2) is 18.3 Å². The number of rotatable bonds is 5. The lowest BCUT2D eigenvalue weighted by Gasteiger charge is -2.33. The van der Waals surface area contributed by atoms with Crippen molar-refractivity contribution in [1.29, 1.82) is 0 Å². The average Bonchev–Trinajstić information content (AvgIpc) is 2.47. The average molecular weight is 290 g/mol. The zero-order chi connectivity index (χ0) is 15.2. The molecule has 0 saturated carbocycles. The van der Waals surface area contributed by atoms with Crippen molar-refractivity contribution < 1.29 is 4.79 Å². The third-order valence-electron chi connectivity index (χ3n) is 3.76. The predicted octanol–water partition coefficient (Wildman–Crippen LogP) is 1.97. The van der Waals surface area contributed by atoms with E-state index in [0.717, 1.165) is 26.1 Å². The number of nitrogens with one attached hydrogen (secondary N) is 2. The second kappa shape index (κ2) is 7.41. The summed E-state index contributed by atoms with van der Waals surface area (Å²) in [6.45, 7) is 6.73. The highest BCUT2D eigenvalue weighted by molar-refractivity contribution is 5.98. The van der Waals surface area contributed by atoms with Gasteiger partial charge in [-0.25, -0.2) is 4.98 Å². The molecule has 0 radical (unpaired) electrons. The van der Waals surface area contributed by atoms with Gasteiger partial charge in [0.25, 0.3) is 5.91 Å². The Bertz CT molecular complexity index is 473. The highest BCUT2D eigenvalue weighted by Crippen LogP contribution is 2.21. The first kappa shape index (κ1) is 15.8. The van der Waals surface area contributed by atoms with Crippen molar-refractivity contribution in [3.63, 3.8) is 0 Å². The fourth-order valence-corrected chi connectivity index (χ4v) is 2.84. The third kappa shape index (κ3) is 4.17. The number of hydrogen-bond acceptors (Lipinski definition) is 4. The van der Waals surface area contributed by atoms with Crippen molar-refractivity contribution >= 4 is 11.7 Å². The van der Waals surface area contributed by atoms with Gasteiger partial charge < -0.3 is 15.5 Å². The molecule has 1 atom stereocenters. The van der Waals surface area contributed by atoms with E-state index in [0.29, 0.717) is 17.3 Å². The largest absolute Gasteiger partial charge is 0.367 e. The number of aromatic nitrogens is 1. The zero-order valence-corrected chi connectivity index (χ0v) is 13.2. The molecule has 0 aliphatic carbocycles. The standard InChI is InChI=1S/C16H26N4O/c1-12(2)19-15-14(7-4-8-18-15)16(21)20-9-5-6-13(11-20)10-17-3/h4,7-8,12-13,17H,5-6,9-11H2,1-3H3,(H,18,19)/t13-/m0/s1. The molecule has 1 amide bonds. The number of likely N-dealkylation sites (tertiary alicyclic amines) is 1. The van der Waals surface area contributed by atoms with Crippen molar-refractivity contribution in [3.05, 3.63) is 23.9 Å². The summed E-state index contributed by atoms with van der Waals surface area (Å²) in [6, 6.07) is 3.94. The maximum absolute atomic E-state index is 12.8. The highest BCUT2D eigenvalue weighted by atomic mass is 16.2. The number of nitrogens with zero attached hydrogens (tertiary/aromatic N) is 2. The van der Waals surface area contributed by atoms with Crippen molar-refractivity contribution in [1.82, 2.24) is 15.2 Å². The Hall–Kier alpha value is -1.62. The summed E-state index contributed by atoms with van der Waals surface area (Å²) in [7, 11) is 1.96. The molecule has 1 saturated heterocycles. The van der Waals surface area contributed by atoms with Crippen LogP contribution in [-0.2, 0) is 0 Å². The first-order valence-corrected chi connectivity index (χ1v) is 7.77. The Morgan fingerprint density at radius 1 is 1.52 bits per heavy atom. The summed E-state index contributed by atoms with van der Waals surface area (Å²) < 4.78 is 0. The van der Waals surface area contributed by atoms with E-state index in [-0.39, 0.29) is 11.9 Å². The number of carbonyl (C=O) groups is 1. The molecule has 1 aliphatic heterocycles. The van der Waals surface area contributed by atoms with Gasteiger partial charge >= 0.3 is 0 Å². The first-order valence-electron chi connectivity index (χ1n) is 7.77. The monoisotopic (exact) mass is 290 g/mol. The van der Waals surface area contributed by atoms with Crippen LogP contribution in [0.3, 0.4) is 0 Å². The van der Waals surface area contributed by atoms with E-state index in [2.05, 4.69) is 15.6 Å². The molecule has 2 rings (SSSR count). The molecule has 0 spiro atoms. The molecule has 1 aromatic rings. The molecule has 2 heterocycles. The smallest absolute Gasteiger partial charge is 0.257 e. The number of amides is 1. The van der Waals surface area contributed by atoms with E-state index in [1.54, 1.807) is 6.20 Å². The molecular weight excluding hydrogens is 264 g/mol. The first-order chi connectivity index (χ1) is 10.1. The molecule has 2 N–H and O–H groups in total. The second-order valence-electron chi connectivity index (χ2n) is 6.02. The summed E-state index contributed by atoms with van der Waals surface area (Å²) in [5.41, 5.74) is 0.677. The van der Waals surface area contributed by atoms with E-state index in [9.17, 15) is 4.79 Å². The third-order valence-corrected chi connectivity index (χ3v) is 3.76. The molecule has 0 unspecified atom stereocenters. The second-order valence-corrected chi connectivity index (χ2v) is 6.02. The number of anilines is 1. The maximum atomic E-state index is 12.8. The predicted molar refractivity (Wildman–Crippen MR) is 85.5 cm³/mol. The molecular formula is C16H26N4O. The number of hydrogen-bond donors (Lipinski definition) is 2. The minimum Gasteiger partial charge on any atom is -0.367 e. The van der Waals surface area contributed by atoms with Gasteiger partial charge in [0.2, 0.25) is 0 Å². The Morgan fingerprint density at radius 2 is 2.33 bits per heavy atom. The van der Waals surface area contributed by atoms with Crippen LogP contribution < -0.4 is 10.6 Å². The van der Waals surface area contributed by atoms with Crippen LogP contribution in [0.4, 0.5) is 5.82 Å². The highest BCUT2D eigenvalue weighted by Gasteiger charge is 2.25. The Morgan fingerprint density at radius 3 is 3.05 bits per heavy atom. The van der Waals surface area contributed by atoms with Crippen LogP contribution in [0.5, 0.6) is 0 Å². The van der Waals surface area contributed by atoms with Crippen molar-refractivity contribution in [3.8, 4) is 0 Å². The van der Waals surface area contributed by atoms with Gasteiger partial charge in [-0.05, 0) is 58.3 Å². The minimum absolute atomic E-state index is 0.0899. The lowest BCUT2D eigenvalue weighted by molar-refractivity contribution is 0.0675. The normalized spacial score (nSPS) is 18.9. The Balaban J connectivity index is 2.12. The summed E-state index contributed by atoms with van der Waals surface area (Å²) in [6.07, 6.45) is 3.99. The van der Waals surface area contributed by atoms with E-state index < -0.39 is 0 Å². The molecule has 0 aromatic carbocycles. The molecule has 1 aromatic heterocycles. The number of carbonyl (C=O) groups excluding carboxylic acids is 1. The summed E-state index contributed by atoms with van der Waals surface area (Å²) in [4.78, 5) is 19.1. The van der Waals surface area contributed by atoms with Gasteiger partial charge in [-0.1, -0.05) is 0 Å². The molecule has 1 fully saturated rings. The van der Waals surface area contributed by atoms with Gasteiger partial charge in [0.15, 0.2) is 0 Å². The molecule has 0 bridgehead atoms. The summed E-state index contributed by atoms with van der Waals surface area (Å²) in [5, 5.41) is 6.47. The van der Waals surface area contributed by atoms with Gasteiger partial charge in [0.1, 0.15) is 5.82 Å². The van der Waals surface area contributed by atoms with Gasteiger partial charge in [-0.3, -0.25) is 4.79 Å². The van der Waals surface area contributed by atoms with E-state index >= 15 is 0 Å².